The van der Waals surface area contributed by atoms with E-state index in [4.69, 9.17) is 0 Å². The van der Waals surface area contributed by atoms with Crippen LogP contribution in [0.1, 0.15) is 46.0 Å². The molecule has 8 nitrogen and oxygen atoms in total. The SMILES string of the molecule is CCc1nnc2n1CCN(C(=O)c1c(C)nn3c(C)cc(C)nc13)C2. The van der Waals surface area contributed by atoms with Gasteiger partial charge >= 0.3 is 0 Å². The van der Waals surface area contributed by atoms with E-state index in [1.54, 1.807) is 4.52 Å². The number of carbonyl (C=O) groups is 1. The lowest BCUT2D eigenvalue weighted by molar-refractivity contribution is 0.0707. The van der Waals surface area contributed by atoms with Crippen LogP contribution in [-0.2, 0) is 19.5 Å². The van der Waals surface area contributed by atoms with Gasteiger partial charge in [0.05, 0.1) is 12.2 Å². The summed E-state index contributed by atoms with van der Waals surface area (Å²) in [4.78, 5) is 19.5. The van der Waals surface area contributed by atoms with Crippen LogP contribution in [0.15, 0.2) is 6.07 Å². The van der Waals surface area contributed by atoms with Gasteiger partial charge in [-0.15, -0.1) is 10.2 Å². The molecule has 1 aliphatic rings. The Labute approximate surface area is 145 Å². The van der Waals surface area contributed by atoms with Crippen molar-refractivity contribution in [3.05, 3.63) is 40.4 Å². The number of amides is 1. The van der Waals surface area contributed by atoms with Gasteiger partial charge in [-0.3, -0.25) is 4.79 Å². The lowest BCUT2D eigenvalue weighted by Crippen LogP contribution is -2.39. The standard InChI is InChI=1S/C17H21N7O/c1-5-13-19-20-14-9-22(6-7-23(13)14)17(25)15-12(4)21-24-11(3)8-10(2)18-16(15)24/h8H,5-7,9H2,1-4H3. The van der Waals surface area contributed by atoms with Crippen molar-refractivity contribution in [3.63, 3.8) is 0 Å². The lowest BCUT2D eigenvalue weighted by atomic mass is 10.2. The average molecular weight is 339 g/mol. The number of hydrogen-bond donors (Lipinski definition) is 0. The summed E-state index contributed by atoms with van der Waals surface area (Å²) in [7, 11) is 0. The highest BCUT2D eigenvalue weighted by Gasteiger charge is 2.29. The molecule has 0 atom stereocenters. The smallest absolute Gasteiger partial charge is 0.260 e. The maximum atomic E-state index is 13.2. The average Bonchev–Trinajstić information content (AvgIpc) is 3.14. The number of carbonyl (C=O) groups excluding carboxylic acids is 1. The molecule has 1 aliphatic heterocycles. The Kier molecular flexibility index (Phi) is 3.55. The number of nitrogens with zero attached hydrogens (tertiary/aromatic N) is 7. The predicted octanol–water partition coefficient (Wildman–Crippen LogP) is 1.46. The first kappa shape index (κ1) is 15.7. The molecule has 0 saturated heterocycles. The number of aromatic nitrogens is 6. The molecule has 3 aromatic heterocycles. The van der Waals surface area contributed by atoms with Crippen LogP contribution in [0, 0.1) is 20.8 Å². The molecule has 1 amide bonds. The van der Waals surface area contributed by atoms with E-state index in [2.05, 4.69) is 31.8 Å². The molecule has 0 N–H and O–H groups in total. The number of fused-ring (bicyclic) bond motifs is 2. The van der Waals surface area contributed by atoms with Gasteiger partial charge in [0.15, 0.2) is 11.5 Å². The summed E-state index contributed by atoms with van der Waals surface area (Å²) in [6, 6.07) is 1.96. The Morgan fingerprint density at radius 2 is 2.00 bits per heavy atom. The zero-order valence-electron chi connectivity index (χ0n) is 14.9. The minimum absolute atomic E-state index is 0.0442. The van der Waals surface area contributed by atoms with Crippen molar-refractivity contribution in [1.29, 1.82) is 0 Å². The van der Waals surface area contributed by atoms with Crippen LogP contribution in [0.2, 0.25) is 0 Å². The molecular formula is C17H21N7O. The van der Waals surface area contributed by atoms with Gasteiger partial charge in [-0.05, 0) is 26.8 Å². The van der Waals surface area contributed by atoms with Crippen LogP contribution in [0.5, 0.6) is 0 Å². The fraction of sp³-hybridized carbons (Fsp3) is 0.471. The van der Waals surface area contributed by atoms with E-state index in [1.165, 1.54) is 0 Å². The first-order valence-electron chi connectivity index (χ1n) is 8.53. The molecule has 0 radical (unpaired) electrons. The highest BCUT2D eigenvalue weighted by atomic mass is 16.2. The second kappa shape index (κ2) is 5.65. The van der Waals surface area contributed by atoms with Crippen molar-refractivity contribution in [2.24, 2.45) is 0 Å². The molecule has 0 saturated carbocycles. The molecule has 0 spiro atoms. The summed E-state index contributed by atoms with van der Waals surface area (Å²) in [6.07, 6.45) is 0.844. The molecule has 4 heterocycles. The zero-order valence-corrected chi connectivity index (χ0v) is 14.9. The summed E-state index contributed by atoms with van der Waals surface area (Å²) in [5.74, 6) is 1.77. The van der Waals surface area contributed by atoms with E-state index in [1.807, 2.05) is 31.7 Å². The van der Waals surface area contributed by atoms with Gasteiger partial charge in [0.1, 0.15) is 11.4 Å². The third-order valence-corrected chi connectivity index (χ3v) is 4.72. The topological polar surface area (TPSA) is 81.2 Å². The second-order valence-electron chi connectivity index (χ2n) is 6.50. The Hall–Kier alpha value is -2.77. The van der Waals surface area contributed by atoms with E-state index in [9.17, 15) is 4.79 Å². The van der Waals surface area contributed by atoms with Crippen LogP contribution in [0.3, 0.4) is 0 Å². The monoisotopic (exact) mass is 339 g/mol. The third-order valence-electron chi connectivity index (χ3n) is 4.72. The number of hydrogen-bond acceptors (Lipinski definition) is 5. The maximum absolute atomic E-state index is 13.2. The lowest BCUT2D eigenvalue weighted by Gasteiger charge is -2.27. The number of rotatable bonds is 2. The van der Waals surface area contributed by atoms with Gasteiger partial charge in [0.25, 0.3) is 5.91 Å². The predicted molar refractivity (Wildman–Crippen MR) is 91.3 cm³/mol. The third kappa shape index (κ3) is 2.40. The minimum atomic E-state index is -0.0442. The van der Waals surface area contributed by atoms with Crippen LogP contribution in [0.4, 0.5) is 0 Å². The molecule has 4 rings (SSSR count). The summed E-state index contributed by atoms with van der Waals surface area (Å²) in [5.41, 5.74) is 3.75. The number of aryl methyl sites for hydroxylation is 4. The molecule has 130 valence electrons. The molecule has 25 heavy (non-hydrogen) atoms. The molecule has 0 fully saturated rings. The van der Waals surface area contributed by atoms with Crippen molar-refractivity contribution in [2.45, 2.75) is 47.2 Å². The molecule has 0 aliphatic carbocycles. The molecular weight excluding hydrogens is 318 g/mol. The van der Waals surface area contributed by atoms with Crippen molar-refractivity contribution in [2.75, 3.05) is 6.54 Å². The molecule has 8 heteroatoms. The van der Waals surface area contributed by atoms with E-state index in [0.717, 1.165) is 36.0 Å². The fourth-order valence-corrected chi connectivity index (χ4v) is 3.49. The summed E-state index contributed by atoms with van der Waals surface area (Å²) in [5, 5.41) is 13.0. The van der Waals surface area contributed by atoms with E-state index < -0.39 is 0 Å². The normalized spacial score (nSPS) is 14.2. The molecule has 3 aromatic rings. The summed E-state index contributed by atoms with van der Waals surface area (Å²) in [6.45, 7) is 9.65. The first-order valence-corrected chi connectivity index (χ1v) is 8.53. The van der Waals surface area contributed by atoms with Crippen LogP contribution in [-0.4, -0.2) is 46.7 Å². The van der Waals surface area contributed by atoms with Crippen LogP contribution < -0.4 is 0 Å². The molecule has 0 aromatic carbocycles. The molecule has 0 unspecified atom stereocenters. The Balaban J connectivity index is 1.72. The quantitative estimate of drug-likeness (QED) is 0.706. The van der Waals surface area contributed by atoms with Gasteiger partial charge in [-0.2, -0.15) is 5.10 Å². The Morgan fingerprint density at radius 3 is 2.76 bits per heavy atom. The molecule has 0 bridgehead atoms. The van der Waals surface area contributed by atoms with Crippen molar-refractivity contribution < 1.29 is 4.79 Å². The minimum Gasteiger partial charge on any atom is -0.329 e. The van der Waals surface area contributed by atoms with Crippen LogP contribution >= 0.6 is 0 Å². The van der Waals surface area contributed by atoms with Crippen molar-refractivity contribution >= 4 is 11.6 Å². The largest absolute Gasteiger partial charge is 0.329 e. The van der Waals surface area contributed by atoms with Gasteiger partial charge < -0.3 is 9.47 Å². The van der Waals surface area contributed by atoms with Gasteiger partial charge in [-0.25, -0.2) is 9.50 Å². The zero-order chi connectivity index (χ0) is 17.7. The Bertz CT molecular complexity index is 985. The van der Waals surface area contributed by atoms with E-state index in [0.29, 0.717) is 30.0 Å². The van der Waals surface area contributed by atoms with E-state index in [-0.39, 0.29) is 5.91 Å². The maximum Gasteiger partial charge on any atom is 0.260 e. The fourth-order valence-electron chi connectivity index (χ4n) is 3.49. The van der Waals surface area contributed by atoms with Gasteiger partial charge in [0.2, 0.25) is 0 Å². The summed E-state index contributed by atoms with van der Waals surface area (Å²) >= 11 is 0. The van der Waals surface area contributed by atoms with Crippen molar-refractivity contribution in [3.8, 4) is 0 Å². The highest BCUT2D eigenvalue weighted by Crippen LogP contribution is 2.21. The van der Waals surface area contributed by atoms with E-state index >= 15 is 0 Å². The van der Waals surface area contributed by atoms with Crippen LogP contribution in [0.25, 0.3) is 5.65 Å². The van der Waals surface area contributed by atoms with Crippen molar-refractivity contribution in [1.82, 2.24) is 34.3 Å². The summed E-state index contributed by atoms with van der Waals surface area (Å²) < 4.78 is 3.86. The Morgan fingerprint density at radius 1 is 1.20 bits per heavy atom. The van der Waals surface area contributed by atoms with Gasteiger partial charge in [-0.1, -0.05) is 6.92 Å². The highest BCUT2D eigenvalue weighted by molar-refractivity contribution is 6.01. The van der Waals surface area contributed by atoms with Gasteiger partial charge in [0, 0.05) is 30.9 Å². The first-order chi connectivity index (χ1) is 12.0. The second-order valence-corrected chi connectivity index (χ2v) is 6.50.